The lowest BCUT2D eigenvalue weighted by molar-refractivity contribution is -0.384. The summed E-state index contributed by atoms with van der Waals surface area (Å²) in [4.78, 5) is 23.0. The van der Waals surface area contributed by atoms with E-state index in [0.717, 1.165) is 29.1 Å². The molecular weight excluding hydrogens is 414 g/mol. The van der Waals surface area contributed by atoms with Gasteiger partial charge < -0.3 is 0 Å². The van der Waals surface area contributed by atoms with E-state index < -0.39 is 14.8 Å². The van der Waals surface area contributed by atoms with Gasteiger partial charge in [-0.2, -0.15) is 5.10 Å². The predicted molar refractivity (Wildman–Crippen MR) is 112 cm³/mol. The molecule has 0 spiro atoms. The zero-order valence-corrected chi connectivity index (χ0v) is 17.4. The molecule has 0 bridgehead atoms. The van der Waals surface area contributed by atoms with Crippen molar-refractivity contribution in [2.24, 2.45) is 5.10 Å². The van der Waals surface area contributed by atoms with Gasteiger partial charge in [0, 0.05) is 18.4 Å². The first-order valence-electron chi connectivity index (χ1n) is 8.79. The number of benzene rings is 2. The van der Waals surface area contributed by atoms with Crippen LogP contribution in [-0.2, 0) is 16.4 Å². The molecule has 152 valence electrons. The Hall–Kier alpha value is -2.72. The number of hydrogen-bond acceptors (Lipinski definition) is 7. The fourth-order valence-electron chi connectivity index (χ4n) is 2.86. The molecular formula is C19H19N3O5S2. The van der Waals surface area contributed by atoms with E-state index in [1.165, 1.54) is 29.3 Å². The van der Waals surface area contributed by atoms with Crippen molar-refractivity contribution in [1.82, 2.24) is 5.01 Å². The predicted octanol–water partition coefficient (Wildman–Crippen LogP) is 3.85. The SMILES string of the molecule is CCC1SC(=O)N(Cc2ccc([N+](=O)[O-])cc2)N=C1c1ccc(S(C)(=O)=O)cc1. The highest BCUT2D eigenvalue weighted by atomic mass is 32.2. The van der Waals surface area contributed by atoms with Gasteiger partial charge in [-0.15, -0.1) is 0 Å². The number of nitro benzene ring substituents is 1. The summed E-state index contributed by atoms with van der Waals surface area (Å²) in [6.07, 6.45) is 1.84. The molecule has 0 saturated carbocycles. The fourth-order valence-corrected chi connectivity index (χ4v) is 4.43. The smallest absolute Gasteiger partial charge is 0.260 e. The third kappa shape index (κ3) is 4.83. The van der Waals surface area contributed by atoms with Crippen molar-refractivity contribution in [2.75, 3.05) is 6.26 Å². The number of non-ortho nitro benzene ring substituents is 1. The maximum Gasteiger partial charge on any atom is 0.302 e. The molecule has 10 heteroatoms. The molecule has 0 aliphatic carbocycles. The van der Waals surface area contributed by atoms with Gasteiger partial charge in [0.05, 0.1) is 27.3 Å². The van der Waals surface area contributed by atoms with Crippen LogP contribution >= 0.6 is 11.8 Å². The molecule has 2 aromatic carbocycles. The molecule has 0 saturated heterocycles. The van der Waals surface area contributed by atoms with Crippen molar-refractivity contribution in [3.05, 3.63) is 69.8 Å². The summed E-state index contributed by atoms with van der Waals surface area (Å²) in [5.74, 6) is 0. The van der Waals surface area contributed by atoms with E-state index in [2.05, 4.69) is 5.10 Å². The van der Waals surface area contributed by atoms with Gasteiger partial charge in [0.15, 0.2) is 9.84 Å². The molecule has 8 nitrogen and oxygen atoms in total. The standard InChI is InChI=1S/C19H19N3O5S2/c1-3-17-18(14-6-10-16(11-7-14)29(2,26)27)20-21(19(23)28-17)12-13-4-8-15(9-5-13)22(24)25/h4-11,17H,3,12H2,1-2H3. The van der Waals surface area contributed by atoms with Crippen LogP contribution in [-0.4, -0.2) is 40.8 Å². The van der Waals surface area contributed by atoms with Gasteiger partial charge in [0.2, 0.25) is 0 Å². The van der Waals surface area contributed by atoms with Crippen molar-refractivity contribution in [2.45, 2.75) is 30.0 Å². The molecule has 1 heterocycles. The minimum absolute atomic E-state index is 0.0192. The second kappa shape index (κ2) is 8.34. The van der Waals surface area contributed by atoms with Crippen molar-refractivity contribution >= 4 is 38.2 Å². The zero-order valence-electron chi connectivity index (χ0n) is 15.8. The van der Waals surface area contributed by atoms with Gasteiger partial charge in [-0.25, -0.2) is 13.4 Å². The number of nitro groups is 1. The summed E-state index contributed by atoms with van der Waals surface area (Å²) in [7, 11) is -3.30. The highest BCUT2D eigenvalue weighted by molar-refractivity contribution is 8.14. The maximum atomic E-state index is 12.5. The molecule has 0 aromatic heterocycles. The number of nitrogens with zero attached hydrogens (tertiary/aromatic N) is 3. The molecule has 29 heavy (non-hydrogen) atoms. The first-order chi connectivity index (χ1) is 13.7. The van der Waals surface area contributed by atoms with Crippen LogP contribution in [0.3, 0.4) is 0 Å². The molecule has 1 atom stereocenters. The summed E-state index contributed by atoms with van der Waals surface area (Å²) >= 11 is 1.16. The number of carbonyl (C=O) groups is 1. The minimum atomic E-state index is -3.30. The largest absolute Gasteiger partial charge is 0.302 e. The Balaban J connectivity index is 1.90. The van der Waals surface area contributed by atoms with E-state index in [4.69, 9.17) is 0 Å². The number of amides is 1. The molecule has 2 aromatic rings. The zero-order chi connectivity index (χ0) is 21.2. The van der Waals surface area contributed by atoms with Crippen LogP contribution in [0.5, 0.6) is 0 Å². The lowest BCUT2D eigenvalue weighted by Gasteiger charge is -2.28. The first kappa shape index (κ1) is 21.0. The highest BCUT2D eigenvalue weighted by Crippen LogP contribution is 2.30. The number of sulfone groups is 1. The van der Waals surface area contributed by atoms with Crippen molar-refractivity contribution in [1.29, 1.82) is 0 Å². The molecule has 3 rings (SSSR count). The summed E-state index contributed by atoms with van der Waals surface area (Å²) < 4.78 is 23.4. The van der Waals surface area contributed by atoms with Crippen LogP contribution in [0.4, 0.5) is 10.5 Å². The summed E-state index contributed by atoms with van der Waals surface area (Å²) in [6, 6.07) is 12.4. The van der Waals surface area contributed by atoms with Crippen LogP contribution in [0.2, 0.25) is 0 Å². The van der Waals surface area contributed by atoms with Gasteiger partial charge in [-0.3, -0.25) is 14.9 Å². The number of hydrogen-bond donors (Lipinski definition) is 0. The normalized spacial score (nSPS) is 17.2. The summed E-state index contributed by atoms with van der Waals surface area (Å²) in [5.41, 5.74) is 2.14. The van der Waals surface area contributed by atoms with E-state index in [-0.39, 0.29) is 27.6 Å². The molecule has 1 aliphatic rings. The summed E-state index contributed by atoms with van der Waals surface area (Å²) in [5, 5.41) is 16.3. The van der Waals surface area contributed by atoms with Crippen LogP contribution in [0.1, 0.15) is 24.5 Å². The minimum Gasteiger partial charge on any atom is -0.260 e. The van der Waals surface area contributed by atoms with Crippen molar-refractivity contribution < 1.29 is 18.1 Å². The Kier molecular flexibility index (Phi) is 6.04. The summed E-state index contributed by atoms with van der Waals surface area (Å²) in [6.45, 7) is 2.14. The van der Waals surface area contributed by atoms with Crippen LogP contribution in [0.25, 0.3) is 0 Å². The molecule has 0 fully saturated rings. The fraction of sp³-hybridized carbons (Fsp3) is 0.263. The second-order valence-corrected chi connectivity index (χ2v) is 9.71. The Morgan fingerprint density at radius 2 is 1.76 bits per heavy atom. The van der Waals surface area contributed by atoms with E-state index >= 15 is 0 Å². The third-order valence-corrected chi connectivity index (χ3v) is 6.80. The molecule has 0 N–H and O–H groups in total. The number of rotatable bonds is 6. The Morgan fingerprint density at radius 1 is 1.14 bits per heavy atom. The van der Waals surface area contributed by atoms with Crippen molar-refractivity contribution in [3.8, 4) is 0 Å². The number of carbonyl (C=O) groups excluding carboxylic acids is 1. The highest BCUT2D eigenvalue weighted by Gasteiger charge is 2.30. The van der Waals surface area contributed by atoms with E-state index in [1.807, 2.05) is 6.92 Å². The average Bonchev–Trinajstić information content (AvgIpc) is 2.69. The lowest BCUT2D eigenvalue weighted by Crippen LogP contribution is -2.34. The maximum absolute atomic E-state index is 12.5. The third-order valence-electron chi connectivity index (χ3n) is 4.42. The lowest BCUT2D eigenvalue weighted by atomic mass is 10.1. The van der Waals surface area contributed by atoms with Crippen LogP contribution in [0.15, 0.2) is 58.5 Å². The average molecular weight is 434 g/mol. The monoisotopic (exact) mass is 433 g/mol. The van der Waals surface area contributed by atoms with Gasteiger partial charge in [0.1, 0.15) is 0 Å². The molecule has 0 radical (unpaired) electrons. The van der Waals surface area contributed by atoms with E-state index in [9.17, 15) is 23.3 Å². The van der Waals surface area contributed by atoms with Crippen LogP contribution in [0, 0.1) is 10.1 Å². The molecule has 1 aliphatic heterocycles. The van der Waals surface area contributed by atoms with Gasteiger partial charge in [-0.05, 0) is 29.7 Å². The van der Waals surface area contributed by atoms with Gasteiger partial charge in [-0.1, -0.05) is 43.0 Å². The van der Waals surface area contributed by atoms with Crippen LogP contribution < -0.4 is 0 Å². The second-order valence-electron chi connectivity index (χ2n) is 6.54. The number of thioether (sulfide) groups is 1. The van der Waals surface area contributed by atoms with Crippen molar-refractivity contribution in [3.63, 3.8) is 0 Å². The molecule has 1 amide bonds. The first-order valence-corrected chi connectivity index (χ1v) is 11.6. The Bertz CT molecular complexity index is 1060. The molecule has 1 unspecified atom stereocenters. The van der Waals surface area contributed by atoms with Gasteiger partial charge >= 0.3 is 5.24 Å². The number of hydrazone groups is 1. The van der Waals surface area contributed by atoms with E-state index in [0.29, 0.717) is 12.1 Å². The Labute approximate surface area is 172 Å². The van der Waals surface area contributed by atoms with E-state index in [1.54, 1.807) is 24.3 Å². The van der Waals surface area contributed by atoms with Gasteiger partial charge in [0.25, 0.3) is 5.69 Å². The topological polar surface area (TPSA) is 110 Å². The quantitative estimate of drug-likeness (QED) is 0.505. The Morgan fingerprint density at radius 3 is 2.28 bits per heavy atom.